The summed E-state index contributed by atoms with van der Waals surface area (Å²) in [6, 6.07) is 0. The zero-order valence-corrected chi connectivity index (χ0v) is 41.7. The zero-order chi connectivity index (χ0) is 57.5. The van der Waals surface area contributed by atoms with Crippen LogP contribution in [0.15, 0.2) is 121 Å². The Bertz CT molecular complexity index is 1540. The van der Waals surface area contributed by atoms with E-state index in [1.165, 1.54) is 13.0 Å². The fourth-order valence-electron chi connectivity index (χ4n) is 1.95. The second-order valence-corrected chi connectivity index (χ2v) is 12.9. The van der Waals surface area contributed by atoms with Crippen molar-refractivity contribution in [3.8, 4) is 0 Å². The van der Waals surface area contributed by atoms with Gasteiger partial charge in [-0.1, -0.05) is 128 Å². The van der Waals surface area contributed by atoms with Gasteiger partial charge in [-0.3, -0.25) is 0 Å². The lowest BCUT2D eigenvalue weighted by atomic mass is 10.0. The molecule has 0 fully saturated rings. The van der Waals surface area contributed by atoms with Crippen LogP contribution < -0.4 is 0 Å². The van der Waals surface area contributed by atoms with Gasteiger partial charge in [0.1, 0.15) is 0 Å². The van der Waals surface area contributed by atoms with Crippen LogP contribution in [0.5, 0.6) is 0 Å². The minimum atomic E-state index is -1.11. The summed E-state index contributed by atoms with van der Waals surface area (Å²) < 4.78 is 0. The van der Waals surface area contributed by atoms with Gasteiger partial charge in [0.15, 0.2) is 0 Å². The maximum atomic E-state index is 10.4. The molecule has 20 nitrogen and oxygen atoms in total. The number of hydrogen-bond acceptors (Lipinski definition) is 10. The van der Waals surface area contributed by atoms with Crippen LogP contribution in [0.25, 0.3) is 0 Å². The van der Waals surface area contributed by atoms with Crippen molar-refractivity contribution in [1.29, 1.82) is 0 Å². The monoisotopic (exact) mass is 984 g/mol. The first-order valence-corrected chi connectivity index (χ1v) is 20.4. The van der Waals surface area contributed by atoms with E-state index in [0.29, 0.717) is 51.4 Å². The SMILES string of the molecule is C=C(C(=O)O)C(C)C=C(C)C(=O)O.C=C(CC)C(=O)O.C=C(CC)C(=O)O.C=C(CC)C(=O)O.C=C(CC)C(=O)O.C=C(CC)C(=O)O.C=C(CC)C(=O)O.C=C(CC)C(=O)O.C=C(CC)C(=O)O. The molecule has 0 rings (SSSR count). The molecule has 0 aromatic carbocycles. The van der Waals surface area contributed by atoms with Gasteiger partial charge in [0.25, 0.3) is 0 Å². The first-order valence-electron chi connectivity index (χ1n) is 20.4. The predicted molar refractivity (Wildman–Crippen MR) is 264 cm³/mol. The fraction of sp³-hybridized carbons (Fsp3) is 0.388. The highest BCUT2D eigenvalue weighted by Gasteiger charge is 2.12. The average molecular weight is 985 g/mol. The van der Waals surface area contributed by atoms with E-state index in [1.807, 2.05) is 0 Å². The molecule has 1 unspecified atom stereocenters. The molecule has 0 saturated heterocycles. The van der Waals surface area contributed by atoms with Gasteiger partial charge in [0.2, 0.25) is 0 Å². The minimum Gasteiger partial charge on any atom is -0.478 e. The van der Waals surface area contributed by atoms with Crippen LogP contribution in [0.3, 0.4) is 0 Å². The Kier molecular flexibility index (Phi) is 60.2. The van der Waals surface area contributed by atoms with Crippen molar-refractivity contribution in [2.24, 2.45) is 5.92 Å². The molecule has 0 aromatic rings. The Morgan fingerprint density at radius 3 is 0.493 bits per heavy atom. The normalized spacial score (nSPS) is 9.16. The Balaban J connectivity index is -0.0000000847. The van der Waals surface area contributed by atoms with E-state index in [0.717, 1.165) is 0 Å². The van der Waals surface area contributed by atoms with E-state index in [2.05, 4.69) is 59.2 Å². The molecule has 0 spiro atoms. The number of rotatable bonds is 20. The van der Waals surface area contributed by atoms with E-state index in [1.54, 1.807) is 62.3 Å². The lowest BCUT2D eigenvalue weighted by molar-refractivity contribution is -0.134. The third kappa shape index (κ3) is 64.5. The molecule has 0 aliphatic carbocycles. The van der Waals surface area contributed by atoms with Crippen LogP contribution in [-0.2, 0) is 47.9 Å². The third-order valence-electron chi connectivity index (χ3n) is 7.50. The van der Waals surface area contributed by atoms with Crippen molar-refractivity contribution >= 4 is 59.7 Å². The Labute approximate surface area is 405 Å². The van der Waals surface area contributed by atoms with E-state index >= 15 is 0 Å². The summed E-state index contributed by atoms with van der Waals surface area (Å²) in [5.41, 5.74) is 2.22. The predicted octanol–water partition coefficient (Wildman–Crippen LogP) is 9.59. The number of carboxylic acid groups (broad SMARTS) is 10. The van der Waals surface area contributed by atoms with Crippen LogP contribution >= 0.6 is 0 Å². The van der Waals surface area contributed by atoms with Crippen LogP contribution in [0.2, 0.25) is 0 Å². The maximum absolute atomic E-state index is 10.4. The molecule has 0 saturated carbocycles. The molecule has 392 valence electrons. The van der Waals surface area contributed by atoms with Gasteiger partial charge < -0.3 is 51.1 Å². The summed E-state index contributed by atoms with van der Waals surface area (Å²) >= 11 is 0. The van der Waals surface area contributed by atoms with Crippen LogP contribution in [0, 0.1) is 5.92 Å². The number of carbonyl (C=O) groups is 10. The van der Waals surface area contributed by atoms with E-state index in [9.17, 15) is 47.9 Å². The van der Waals surface area contributed by atoms with Gasteiger partial charge in [-0.15, -0.1) is 0 Å². The first-order chi connectivity index (χ1) is 31.3. The van der Waals surface area contributed by atoms with Gasteiger partial charge in [-0.2, -0.15) is 0 Å². The fourth-order valence-corrected chi connectivity index (χ4v) is 1.95. The molecule has 0 radical (unpaired) electrons. The summed E-state index contributed by atoms with van der Waals surface area (Å²) in [6.07, 6.45) is 5.55. The molecule has 0 bridgehead atoms. The molecule has 0 aliphatic heterocycles. The molecular weight excluding hydrogens is 909 g/mol. The van der Waals surface area contributed by atoms with Crippen LogP contribution in [0.4, 0.5) is 0 Å². The summed E-state index contributed by atoms with van der Waals surface area (Å²) in [5, 5.41) is 81.7. The average Bonchev–Trinajstić information content (AvgIpc) is 3.29. The van der Waals surface area contributed by atoms with Crippen LogP contribution in [-0.4, -0.2) is 111 Å². The topological polar surface area (TPSA) is 373 Å². The van der Waals surface area contributed by atoms with E-state index < -0.39 is 65.6 Å². The minimum absolute atomic E-state index is 0.0133. The number of aliphatic carboxylic acids is 10. The summed E-state index contributed by atoms with van der Waals surface area (Å²) in [4.78, 5) is 99.4. The van der Waals surface area contributed by atoms with E-state index in [-0.39, 0.29) is 55.7 Å². The lowest BCUT2D eigenvalue weighted by Crippen LogP contribution is -2.08. The highest BCUT2D eigenvalue weighted by Crippen LogP contribution is 2.12. The molecular formula is C49H76O20. The van der Waals surface area contributed by atoms with Crippen molar-refractivity contribution in [3.05, 3.63) is 121 Å². The largest absolute Gasteiger partial charge is 0.478 e. The maximum Gasteiger partial charge on any atom is 0.331 e. The van der Waals surface area contributed by atoms with Gasteiger partial charge in [0.05, 0.1) is 0 Å². The molecule has 0 aliphatic rings. The van der Waals surface area contributed by atoms with Gasteiger partial charge in [-0.25, -0.2) is 47.9 Å². The smallest absolute Gasteiger partial charge is 0.331 e. The Morgan fingerprint density at radius 1 is 0.304 bits per heavy atom. The first kappa shape index (κ1) is 81.3. The molecule has 10 N–H and O–H groups in total. The van der Waals surface area contributed by atoms with Crippen LogP contribution in [0.1, 0.15) is 121 Å². The summed E-state index contributed by atoms with van der Waals surface area (Å²) in [6.45, 7) is 46.6. The summed E-state index contributed by atoms with van der Waals surface area (Å²) in [5.74, 6) is -9.83. The second kappa shape index (κ2) is 51.1. The van der Waals surface area contributed by atoms with Crippen molar-refractivity contribution in [3.63, 3.8) is 0 Å². The Morgan fingerprint density at radius 2 is 0.435 bits per heavy atom. The molecule has 1 atom stereocenters. The van der Waals surface area contributed by atoms with Crippen molar-refractivity contribution in [2.45, 2.75) is 121 Å². The molecule has 0 heterocycles. The van der Waals surface area contributed by atoms with Gasteiger partial charge in [-0.05, 0) is 58.3 Å². The van der Waals surface area contributed by atoms with Crippen molar-refractivity contribution in [2.75, 3.05) is 0 Å². The van der Waals surface area contributed by atoms with E-state index in [4.69, 9.17) is 51.1 Å². The Hall–Kier alpha value is -7.90. The number of allylic oxidation sites excluding steroid dienone is 1. The molecule has 20 heteroatoms. The van der Waals surface area contributed by atoms with Crippen molar-refractivity contribution in [1.82, 2.24) is 0 Å². The quantitative estimate of drug-likeness (QED) is 0.0507. The number of hydrogen-bond donors (Lipinski definition) is 10. The summed E-state index contributed by atoms with van der Waals surface area (Å²) in [7, 11) is 0. The standard InChI is InChI=1S/C9H12O4.8C5H8O2/c1-5(7(3)9(12)13)4-6(2)8(10)11;8*1-3-4(2)5(6)7/h4-5H,3H2,1-2H3,(H,10,11)(H,12,13);8*2-3H2,1H3,(H,6,7). The van der Waals surface area contributed by atoms with Crippen molar-refractivity contribution < 1.29 is 99.0 Å². The zero-order valence-electron chi connectivity index (χ0n) is 41.7. The lowest BCUT2D eigenvalue weighted by Gasteiger charge is -2.05. The third-order valence-corrected chi connectivity index (χ3v) is 7.50. The molecule has 0 amide bonds. The number of carboxylic acids is 10. The highest BCUT2D eigenvalue weighted by atomic mass is 16.4. The highest BCUT2D eigenvalue weighted by molar-refractivity contribution is 5.90. The second-order valence-electron chi connectivity index (χ2n) is 12.9. The van der Waals surface area contributed by atoms with Gasteiger partial charge in [0, 0.05) is 61.6 Å². The molecule has 69 heavy (non-hydrogen) atoms. The van der Waals surface area contributed by atoms with Gasteiger partial charge >= 0.3 is 59.7 Å². The molecule has 0 aromatic heterocycles.